The van der Waals surface area contributed by atoms with E-state index < -0.39 is 0 Å². The first-order valence-corrected chi connectivity index (χ1v) is 5.52. The summed E-state index contributed by atoms with van der Waals surface area (Å²) in [6.45, 7) is 6.29. The Bertz CT molecular complexity index is 291. The molecule has 78 valence electrons. The van der Waals surface area contributed by atoms with Crippen LogP contribution in [0.25, 0.3) is 0 Å². The average Bonchev–Trinajstić information content (AvgIpc) is 2.27. The molecule has 0 saturated heterocycles. The molecule has 0 aliphatic carbocycles. The van der Waals surface area contributed by atoms with Crippen molar-refractivity contribution >= 4 is 0 Å². The van der Waals surface area contributed by atoms with Crippen LogP contribution in [0.15, 0.2) is 18.2 Å². The van der Waals surface area contributed by atoms with Crippen molar-refractivity contribution in [3.63, 3.8) is 0 Å². The van der Waals surface area contributed by atoms with Crippen molar-refractivity contribution < 1.29 is 5.11 Å². The van der Waals surface area contributed by atoms with E-state index in [1.165, 1.54) is 11.1 Å². The van der Waals surface area contributed by atoms with E-state index in [0.29, 0.717) is 0 Å². The molecule has 1 aromatic carbocycles. The van der Waals surface area contributed by atoms with Gasteiger partial charge in [0.05, 0.1) is 6.10 Å². The van der Waals surface area contributed by atoms with Crippen LogP contribution in [0.5, 0.6) is 0 Å². The van der Waals surface area contributed by atoms with Crippen LogP contribution >= 0.6 is 0 Å². The summed E-state index contributed by atoms with van der Waals surface area (Å²) in [7, 11) is 0. The van der Waals surface area contributed by atoms with Gasteiger partial charge in [-0.15, -0.1) is 0 Å². The molecule has 0 aliphatic heterocycles. The third kappa shape index (κ3) is 2.36. The lowest BCUT2D eigenvalue weighted by Gasteiger charge is -2.14. The fraction of sp³-hybridized carbons (Fsp3) is 0.538. The molecule has 0 heterocycles. The van der Waals surface area contributed by atoms with Gasteiger partial charge in [0.25, 0.3) is 0 Å². The number of aryl methyl sites for hydroxylation is 2. The minimum absolute atomic E-state index is 0.295. The van der Waals surface area contributed by atoms with Gasteiger partial charge >= 0.3 is 0 Å². The second-order valence-corrected chi connectivity index (χ2v) is 3.66. The zero-order valence-corrected chi connectivity index (χ0v) is 9.38. The molecule has 0 bridgehead atoms. The van der Waals surface area contributed by atoms with Crippen LogP contribution < -0.4 is 0 Å². The van der Waals surface area contributed by atoms with Gasteiger partial charge in [0.2, 0.25) is 0 Å². The second-order valence-electron chi connectivity index (χ2n) is 3.66. The number of hydrogen-bond donors (Lipinski definition) is 1. The summed E-state index contributed by atoms with van der Waals surface area (Å²) in [6, 6.07) is 6.45. The Morgan fingerprint density at radius 1 is 1.14 bits per heavy atom. The van der Waals surface area contributed by atoms with Crippen LogP contribution in [0.4, 0.5) is 0 Å². The first kappa shape index (κ1) is 11.3. The van der Waals surface area contributed by atoms with E-state index in [0.717, 1.165) is 24.8 Å². The van der Waals surface area contributed by atoms with E-state index in [1.54, 1.807) is 0 Å². The smallest absolute Gasteiger partial charge is 0.0790 e. The largest absolute Gasteiger partial charge is 0.388 e. The van der Waals surface area contributed by atoms with E-state index >= 15 is 0 Å². The highest BCUT2D eigenvalue weighted by Gasteiger charge is 2.09. The predicted octanol–water partition coefficient (Wildman–Crippen LogP) is 3.25. The van der Waals surface area contributed by atoms with Crippen LogP contribution in [-0.2, 0) is 12.8 Å². The van der Waals surface area contributed by atoms with Gasteiger partial charge in [-0.05, 0) is 36.0 Å². The van der Waals surface area contributed by atoms with Crippen molar-refractivity contribution in [2.24, 2.45) is 0 Å². The Morgan fingerprint density at radius 3 is 2.36 bits per heavy atom. The zero-order chi connectivity index (χ0) is 10.6. The van der Waals surface area contributed by atoms with Crippen LogP contribution in [-0.4, -0.2) is 5.11 Å². The first-order valence-electron chi connectivity index (χ1n) is 5.52. The van der Waals surface area contributed by atoms with Crippen molar-refractivity contribution in [3.8, 4) is 0 Å². The Balaban J connectivity index is 3.08. The molecule has 1 N–H and O–H groups in total. The molecule has 0 radical (unpaired) electrons. The van der Waals surface area contributed by atoms with Crippen molar-refractivity contribution in [2.45, 2.75) is 46.1 Å². The molecule has 1 aromatic rings. The molecule has 1 rings (SSSR count). The van der Waals surface area contributed by atoms with Gasteiger partial charge in [-0.25, -0.2) is 0 Å². The summed E-state index contributed by atoms with van der Waals surface area (Å²) < 4.78 is 0. The third-order valence-corrected chi connectivity index (χ3v) is 2.75. The highest BCUT2D eigenvalue weighted by Crippen LogP contribution is 2.23. The quantitative estimate of drug-likeness (QED) is 0.776. The zero-order valence-electron chi connectivity index (χ0n) is 9.38. The number of hydrogen-bond acceptors (Lipinski definition) is 1. The van der Waals surface area contributed by atoms with Gasteiger partial charge in [-0.2, -0.15) is 0 Å². The fourth-order valence-electron chi connectivity index (χ4n) is 1.72. The molecule has 1 heteroatoms. The van der Waals surface area contributed by atoms with Crippen molar-refractivity contribution in [2.75, 3.05) is 0 Å². The Labute approximate surface area is 86.8 Å². The lowest BCUT2D eigenvalue weighted by Crippen LogP contribution is -2.01. The summed E-state index contributed by atoms with van der Waals surface area (Å²) in [5.41, 5.74) is 3.70. The molecule has 1 nitrogen and oxygen atoms in total. The standard InChI is InChI=1S/C13H20O/c1-4-10-7-8-11(5-2)12(9-10)13(14)6-3/h7-9,13-14H,4-6H2,1-3H3/t13-/m0/s1. The van der Waals surface area contributed by atoms with E-state index in [1.807, 2.05) is 6.92 Å². The lowest BCUT2D eigenvalue weighted by atomic mass is 9.96. The van der Waals surface area contributed by atoms with Gasteiger partial charge in [0.1, 0.15) is 0 Å². The summed E-state index contributed by atoms with van der Waals surface area (Å²) in [5, 5.41) is 9.86. The fourth-order valence-corrected chi connectivity index (χ4v) is 1.72. The molecule has 0 saturated carbocycles. The Kier molecular flexibility index (Phi) is 4.15. The summed E-state index contributed by atoms with van der Waals surface area (Å²) in [5.74, 6) is 0. The SMILES string of the molecule is CCc1ccc(CC)c([C@@H](O)CC)c1. The monoisotopic (exact) mass is 192 g/mol. The number of benzene rings is 1. The van der Waals surface area contributed by atoms with Crippen LogP contribution in [0, 0.1) is 0 Å². The van der Waals surface area contributed by atoms with Crippen LogP contribution in [0.2, 0.25) is 0 Å². The molecule has 0 aromatic heterocycles. The highest BCUT2D eigenvalue weighted by atomic mass is 16.3. The van der Waals surface area contributed by atoms with E-state index in [9.17, 15) is 5.11 Å². The van der Waals surface area contributed by atoms with Crippen LogP contribution in [0.1, 0.15) is 50.0 Å². The summed E-state index contributed by atoms with van der Waals surface area (Å²) in [6.07, 6.45) is 2.53. The Hall–Kier alpha value is -0.820. The number of aliphatic hydroxyl groups is 1. The maximum atomic E-state index is 9.86. The molecule has 0 amide bonds. The molecular weight excluding hydrogens is 172 g/mol. The molecule has 0 aliphatic rings. The van der Waals surface area contributed by atoms with Gasteiger partial charge in [-0.3, -0.25) is 0 Å². The summed E-state index contributed by atoms with van der Waals surface area (Å²) >= 11 is 0. The molecule has 0 spiro atoms. The number of aliphatic hydroxyl groups excluding tert-OH is 1. The third-order valence-electron chi connectivity index (χ3n) is 2.75. The second kappa shape index (κ2) is 5.16. The predicted molar refractivity (Wildman–Crippen MR) is 60.4 cm³/mol. The normalized spacial score (nSPS) is 12.9. The van der Waals surface area contributed by atoms with Gasteiger partial charge in [-0.1, -0.05) is 39.0 Å². The van der Waals surface area contributed by atoms with E-state index in [2.05, 4.69) is 32.0 Å². The van der Waals surface area contributed by atoms with Crippen molar-refractivity contribution in [1.82, 2.24) is 0 Å². The Morgan fingerprint density at radius 2 is 1.86 bits per heavy atom. The highest BCUT2D eigenvalue weighted by molar-refractivity contribution is 5.33. The van der Waals surface area contributed by atoms with E-state index in [4.69, 9.17) is 0 Å². The molecule has 0 unspecified atom stereocenters. The minimum Gasteiger partial charge on any atom is -0.388 e. The van der Waals surface area contributed by atoms with Crippen molar-refractivity contribution in [1.29, 1.82) is 0 Å². The number of rotatable bonds is 4. The average molecular weight is 192 g/mol. The first-order chi connectivity index (χ1) is 6.72. The maximum Gasteiger partial charge on any atom is 0.0790 e. The topological polar surface area (TPSA) is 20.2 Å². The summed E-state index contributed by atoms with van der Waals surface area (Å²) in [4.78, 5) is 0. The minimum atomic E-state index is -0.295. The van der Waals surface area contributed by atoms with E-state index in [-0.39, 0.29) is 6.10 Å². The lowest BCUT2D eigenvalue weighted by molar-refractivity contribution is 0.172. The molecular formula is C13H20O. The molecule has 1 atom stereocenters. The van der Waals surface area contributed by atoms with Gasteiger partial charge in [0.15, 0.2) is 0 Å². The maximum absolute atomic E-state index is 9.86. The van der Waals surface area contributed by atoms with Gasteiger partial charge < -0.3 is 5.11 Å². The van der Waals surface area contributed by atoms with Gasteiger partial charge in [0, 0.05) is 0 Å². The van der Waals surface area contributed by atoms with Crippen molar-refractivity contribution in [3.05, 3.63) is 34.9 Å². The molecule has 14 heavy (non-hydrogen) atoms. The van der Waals surface area contributed by atoms with Crippen LogP contribution in [0.3, 0.4) is 0 Å². The molecule has 0 fully saturated rings.